The third kappa shape index (κ3) is 3.02. The molecule has 2 aromatic rings. The summed E-state index contributed by atoms with van der Waals surface area (Å²) >= 11 is 1.35. The summed E-state index contributed by atoms with van der Waals surface area (Å²) in [5.41, 5.74) is 1.47. The van der Waals surface area contributed by atoms with Crippen molar-refractivity contribution in [2.75, 3.05) is 6.54 Å². The smallest absolute Gasteiger partial charge is 0.270 e. The van der Waals surface area contributed by atoms with Gasteiger partial charge in [-0.25, -0.2) is 4.98 Å². The summed E-state index contributed by atoms with van der Waals surface area (Å²) in [6.45, 7) is 5.36. The van der Waals surface area contributed by atoms with E-state index in [1.807, 2.05) is 6.92 Å². The maximum Gasteiger partial charge on any atom is 0.270 e. The van der Waals surface area contributed by atoms with E-state index in [0.29, 0.717) is 17.0 Å². The van der Waals surface area contributed by atoms with Crippen LogP contribution < -0.4 is 5.32 Å². The Balaban J connectivity index is 2.06. The fourth-order valence-electron chi connectivity index (χ4n) is 1.93. The first-order chi connectivity index (χ1) is 8.90. The Kier molecular flexibility index (Phi) is 3.73. The lowest BCUT2D eigenvalue weighted by molar-refractivity contribution is 0.0513. The molecule has 0 bridgehead atoms. The number of carbonyl (C=O) groups is 1. The summed E-state index contributed by atoms with van der Waals surface area (Å²) in [6, 6.07) is 1.78. The fourth-order valence-corrected chi connectivity index (χ4v) is 2.46. The number of nitrogens with one attached hydrogen (secondary N) is 1. The number of rotatable bonds is 4. The molecule has 5 nitrogen and oxygen atoms in total. The van der Waals surface area contributed by atoms with Gasteiger partial charge in [0.1, 0.15) is 22.8 Å². The van der Waals surface area contributed by atoms with Crippen molar-refractivity contribution in [3.05, 3.63) is 39.7 Å². The van der Waals surface area contributed by atoms with Crippen molar-refractivity contribution >= 4 is 17.2 Å². The molecular weight excluding hydrogens is 264 g/mol. The average molecular weight is 280 g/mol. The topological polar surface area (TPSA) is 75.4 Å². The second-order valence-electron chi connectivity index (χ2n) is 4.66. The van der Waals surface area contributed by atoms with Crippen molar-refractivity contribution in [1.82, 2.24) is 10.3 Å². The quantitative estimate of drug-likeness (QED) is 0.898. The highest BCUT2D eigenvalue weighted by molar-refractivity contribution is 7.07. The third-order valence-corrected chi connectivity index (χ3v) is 3.47. The van der Waals surface area contributed by atoms with Gasteiger partial charge in [-0.3, -0.25) is 4.79 Å². The number of aryl methyl sites for hydroxylation is 2. The van der Waals surface area contributed by atoms with E-state index in [-0.39, 0.29) is 12.5 Å². The minimum Gasteiger partial charge on any atom is -0.466 e. The van der Waals surface area contributed by atoms with Crippen molar-refractivity contribution in [3.8, 4) is 0 Å². The van der Waals surface area contributed by atoms with E-state index in [9.17, 15) is 9.90 Å². The van der Waals surface area contributed by atoms with Gasteiger partial charge >= 0.3 is 0 Å². The summed E-state index contributed by atoms with van der Waals surface area (Å²) in [7, 11) is 0. The van der Waals surface area contributed by atoms with E-state index in [1.165, 1.54) is 11.3 Å². The van der Waals surface area contributed by atoms with Crippen molar-refractivity contribution in [2.45, 2.75) is 26.4 Å². The zero-order chi connectivity index (χ0) is 14.0. The van der Waals surface area contributed by atoms with Crippen molar-refractivity contribution < 1.29 is 14.3 Å². The van der Waals surface area contributed by atoms with Crippen LogP contribution in [0.1, 0.15) is 34.5 Å². The van der Waals surface area contributed by atoms with Crippen LogP contribution in [0.3, 0.4) is 0 Å². The molecule has 2 rings (SSSR count). The molecule has 0 aliphatic rings. The molecule has 6 heteroatoms. The molecule has 2 heterocycles. The number of furan rings is 1. The summed E-state index contributed by atoms with van der Waals surface area (Å²) in [6.07, 6.45) is 0. The van der Waals surface area contributed by atoms with Crippen LogP contribution >= 0.6 is 11.3 Å². The van der Waals surface area contributed by atoms with Crippen LogP contribution in [0.4, 0.5) is 0 Å². The zero-order valence-corrected chi connectivity index (χ0v) is 11.9. The number of hydrogen-bond acceptors (Lipinski definition) is 5. The molecule has 0 spiro atoms. The van der Waals surface area contributed by atoms with Gasteiger partial charge in [-0.2, -0.15) is 0 Å². The lowest BCUT2D eigenvalue weighted by Crippen LogP contribution is -2.38. The summed E-state index contributed by atoms with van der Waals surface area (Å²) in [4.78, 5) is 15.7. The van der Waals surface area contributed by atoms with E-state index in [0.717, 1.165) is 5.76 Å². The molecule has 0 aliphatic heterocycles. The highest BCUT2D eigenvalue weighted by Gasteiger charge is 2.28. The maximum atomic E-state index is 11.8. The van der Waals surface area contributed by atoms with Crippen LogP contribution in [0.25, 0.3) is 0 Å². The van der Waals surface area contributed by atoms with Crippen molar-refractivity contribution in [3.63, 3.8) is 0 Å². The van der Waals surface area contributed by atoms with Gasteiger partial charge in [-0.15, -0.1) is 11.3 Å². The van der Waals surface area contributed by atoms with E-state index in [1.54, 1.807) is 30.8 Å². The van der Waals surface area contributed by atoms with Crippen LogP contribution in [0.5, 0.6) is 0 Å². The first-order valence-electron chi connectivity index (χ1n) is 5.86. The Hall–Kier alpha value is -1.66. The molecule has 1 atom stereocenters. The van der Waals surface area contributed by atoms with Crippen LogP contribution in [0.15, 0.2) is 21.4 Å². The first kappa shape index (κ1) is 13.8. The van der Waals surface area contributed by atoms with Crippen LogP contribution in [0.2, 0.25) is 0 Å². The molecule has 2 aromatic heterocycles. The van der Waals surface area contributed by atoms with E-state index < -0.39 is 5.60 Å². The number of hydrogen-bond donors (Lipinski definition) is 2. The molecule has 0 aromatic carbocycles. The monoisotopic (exact) mass is 280 g/mol. The Morgan fingerprint density at radius 2 is 2.32 bits per heavy atom. The zero-order valence-electron chi connectivity index (χ0n) is 11.1. The summed E-state index contributed by atoms with van der Waals surface area (Å²) in [5, 5.41) is 14.8. The summed E-state index contributed by atoms with van der Waals surface area (Å²) in [5.74, 6) is 1.10. The predicted octanol–water partition coefficient (Wildman–Crippen LogP) is 1.99. The molecule has 0 saturated carbocycles. The largest absolute Gasteiger partial charge is 0.466 e. The maximum absolute atomic E-state index is 11.8. The molecular formula is C13H16N2O3S. The number of aromatic nitrogens is 1. The summed E-state index contributed by atoms with van der Waals surface area (Å²) < 4.78 is 5.40. The van der Waals surface area contributed by atoms with Gasteiger partial charge in [0.2, 0.25) is 0 Å². The Morgan fingerprint density at radius 3 is 2.84 bits per heavy atom. The van der Waals surface area contributed by atoms with E-state index in [2.05, 4.69) is 10.3 Å². The molecule has 0 saturated heterocycles. The number of amides is 1. The molecule has 0 aliphatic carbocycles. The molecule has 1 unspecified atom stereocenters. The molecule has 2 N–H and O–H groups in total. The standard InChI is InChI=1S/C13H16N2O3S/c1-8-4-10(9(2)18-8)13(3,17)6-14-12(16)11-5-19-7-15-11/h4-5,7,17H,6H2,1-3H3,(H,14,16). The van der Waals surface area contributed by atoms with Gasteiger partial charge in [-0.1, -0.05) is 0 Å². The molecule has 19 heavy (non-hydrogen) atoms. The normalized spacial score (nSPS) is 14.1. The van der Waals surface area contributed by atoms with Crippen LogP contribution in [-0.4, -0.2) is 22.5 Å². The Bertz CT molecular complexity index is 573. The molecule has 1 amide bonds. The first-order valence-corrected chi connectivity index (χ1v) is 6.81. The fraction of sp³-hybridized carbons (Fsp3) is 0.385. The third-order valence-electron chi connectivity index (χ3n) is 2.88. The van der Waals surface area contributed by atoms with Crippen LogP contribution in [0, 0.1) is 13.8 Å². The molecule has 102 valence electrons. The van der Waals surface area contributed by atoms with Crippen molar-refractivity contribution in [2.24, 2.45) is 0 Å². The van der Waals surface area contributed by atoms with Gasteiger partial charge in [0.25, 0.3) is 5.91 Å². The lowest BCUT2D eigenvalue weighted by atomic mass is 9.96. The van der Waals surface area contributed by atoms with E-state index >= 15 is 0 Å². The average Bonchev–Trinajstić information content (AvgIpc) is 2.96. The minimum atomic E-state index is -1.17. The number of nitrogens with zero attached hydrogens (tertiary/aromatic N) is 1. The molecule has 0 fully saturated rings. The molecule has 0 radical (unpaired) electrons. The number of thiazole rings is 1. The second kappa shape index (κ2) is 5.14. The predicted molar refractivity (Wildman–Crippen MR) is 72.2 cm³/mol. The van der Waals surface area contributed by atoms with E-state index in [4.69, 9.17) is 4.42 Å². The highest BCUT2D eigenvalue weighted by Crippen LogP contribution is 2.26. The van der Waals surface area contributed by atoms with Gasteiger partial charge in [-0.05, 0) is 26.8 Å². The number of carbonyl (C=O) groups excluding carboxylic acids is 1. The lowest BCUT2D eigenvalue weighted by Gasteiger charge is -2.23. The van der Waals surface area contributed by atoms with Gasteiger partial charge < -0.3 is 14.8 Å². The SMILES string of the molecule is Cc1cc(C(C)(O)CNC(=O)c2cscn2)c(C)o1. The minimum absolute atomic E-state index is 0.100. The van der Waals surface area contributed by atoms with Crippen molar-refractivity contribution in [1.29, 1.82) is 0 Å². The second-order valence-corrected chi connectivity index (χ2v) is 5.38. The van der Waals surface area contributed by atoms with Crippen LogP contribution in [-0.2, 0) is 5.60 Å². The van der Waals surface area contributed by atoms with Gasteiger partial charge in [0.15, 0.2) is 0 Å². The van der Waals surface area contributed by atoms with Gasteiger partial charge in [0, 0.05) is 10.9 Å². The Morgan fingerprint density at radius 1 is 1.58 bits per heavy atom. The number of aliphatic hydroxyl groups is 1. The van der Waals surface area contributed by atoms with Gasteiger partial charge in [0.05, 0.1) is 12.1 Å². The highest BCUT2D eigenvalue weighted by atomic mass is 32.1. The Labute approximate surface area is 115 Å².